The topological polar surface area (TPSA) is 102 Å². The maximum Gasteiger partial charge on any atom is 0.360 e. The molecule has 6 nitrogen and oxygen atoms in total. The summed E-state index contributed by atoms with van der Waals surface area (Å²) in [7, 11) is 0. The lowest BCUT2D eigenvalue weighted by molar-refractivity contribution is 0.0684. The first-order valence-corrected chi connectivity index (χ1v) is 3.00. The van der Waals surface area contributed by atoms with Crippen molar-refractivity contribution in [2.24, 2.45) is 5.73 Å². The second kappa shape index (κ2) is 3.11. The summed E-state index contributed by atoms with van der Waals surface area (Å²) in [4.78, 5) is 10.4. The van der Waals surface area contributed by atoms with E-state index in [0.717, 1.165) is 0 Å². The Kier molecular flexibility index (Phi) is 2.17. The molecule has 0 amide bonds. The molecule has 0 spiro atoms. The first kappa shape index (κ1) is 7.67. The van der Waals surface area contributed by atoms with Crippen LogP contribution in [0.1, 0.15) is 16.2 Å². The van der Waals surface area contributed by atoms with Gasteiger partial charge in [0.25, 0.3) is 0 Å². The molecule has 3 N–H and O–H groups in total. The predicted molar refractivity (Wildman–Crippen MR) is 34.0 cm³/mol. The van der Waals surface area contributed by atoms with Gasteiger partial charge in [0.05, 0.1) is 0 Å². The van der Waals surface area contributed by atoms with Gasteiger partial charge in [0.1, 0.15) is 5.69 Å². The molecule has 0 unspecified atom stereocenters. The average Bonchev–Trinajstić information content (AvgIpc) is 2.36. The highest BCUT2D eigenvalue weighted by atomic mass is 16.6. The third-order valence-electron chi connectivity index (χ3n) is 1.14. The van der Waals surface area contributed by atoms with E-state index in [1.54, 1.807) is 0 Å². The molecule has 0 fully saturated rings. The van der Waals surface area contributed by atoms with E-state index in [4.69, 9.17) is 10.8 Å². The number of aromatic nitrogens is 2. The van der Waals surface area contributed by atoms with Crippen molar-refractivity contribution >= 4 is 5.97 Å². The minimum Gasteiger partial charge on any atom is -0.476 e. The fraction of sp³-hybridized carbons (Fsp3) is 0.400. The molecule has 1 rings (SSSR count). The molecule has 1 heterocycles. The Balaban J connectivity index is 2.87. The van der Waals surface area contributed by atoms with Crippen molar-refractivity contribution in [1.29, 1.82) is 0 Å². The summed E-state index contributed by atoms with van der Waals surface area (Å²) in [5.41, 5.74) is 5.32. The maximum absolute atomic E-state index is 10.4. The summed E-state index contributed by atoms with van der Waals surface area (Å²) < 4.78 is 4.22. The van der Waals surface area contributed by atoms with Crippen LogP contribution in [0.2, 0.25) is 0 Å². The molecule has 1 aromatic heterocycles. The van der Waals surface area contributed by atoms with Gasteiger partial charge in [-0.1, -0.05) is 5.16 Å². The van der Waals surface area contributed by atoms with E-state index in [0.29, 0.717) is 18.7 Å². The van der Waals surface area contributed by atoms with Crippen molar-refractivity contribution in [2.75, 3.05) is 6.54 Å². The van der Waals surface area contributed by atoms with Gasteiger partial charge >= 0.3 is 5.97 Å². The van der Waals surface area contributed by atoms with E-state index in [-0.39, 0.29) is 5.69 Å². The maximum atomic E-state index is 10.4. The molecule has 0 aliphatic rings. The molecule has 6 heteroatoms. The van der Waals surface area contributed by atoms with Crippen LogP contribution in [-0.2, 0) is 6.42 Å². The van der Waals surface area contributed by atoms with E-state index < -0.39 is 5.97 Å². The largest absolute Gasteiger partial charge is 0.476 e. The van der Waals surface area contributed by atoms with Gasteiger partial charge in [-0.3, -0.25) is 0 Å². The highest BCUT2D eigenvalue weighted by Crippen LogP contribution is 2.01. The Labute approximate surface area is 62.0 Å². The number of nitrogens with zero attached hydrogens (tertiary/aromatic N) is 2. The van der Waals surface area contributed by atoms with Gasteiger partial charge in [-0.15, -0.1) is 0 Å². The van der Waals surface area contributed by atoms with Crippen LogP contribution in [0.3, 0.4) is 0 Å². The van der Waals surface area contributed by atoms with Gasteiger partial charge in [-0.25, -0.2) is 9.42 Å². The monoisotopic (exact) mass is 157 g/mol. The van der Waals surface area contributed by atoms with Gasteiger partial charge in [0.15, 0.2) is 0 Å². The molecule has 11 heavy (non-hydrogen) atoms. The number of rotatable bonds is 3. The Hall–Kier alpha value is -1.43. The smallest absolute Gasteiger partial charge is 0.360 e. The summed E-state index contributed by atoms with van der Waals surface area (Å²) in [6.45, 7) is 0.328. The van der Waals surface area contributed by atoms with Crippen LogP contribution in [-0.4, -0.2) is 27.9 Å². The summed E-state index contributed by atoms with van der Waals surface area (Å²) in [6.07, 6.45) is 0.366. The second-order valence-electron chi connectivity index (χ2n) is 1.90. The quantitative estimate of drug-likeness (QED) is 0.599. The lowest BCUT2D eigenvalue weighted by Crippen LogP contribution is -2.08. The van der Waals surface area contributed by atoms with Crippen LogP contribution >= 0.6 is 0 Å². The van der Waals surface area contributed by atoms with Crippen molar-refractivity contribution < 1.29 is 14.5 Å². The second-order valence-corrected chi connectivity index (χ2v) is 1.90. The molecule has 60 valence electrons. The molecule has 0 bridgehead atoms. The summed E-state index contributed by atoms with van der Waals surface area (Å²) in [5, 5.41) is 15.1. The lowest BCUT2D eigenvalue weighted by atomic mass is 10.2. The van der Waals surface area contributed by atoms with Crippen molar-refractivity contribution in [1.82, 2.24) is 10.3 Å². The number of carboxylic acids is 1. The minimum absolute atomic E-state index is 0.157. The molecular formula is C5H7N3O3. The Morgan fingerprint density at radius 1 is 1.64 bits per heavy atom. The summed E-state index contributed by atoms with van der Waals surface area (Å²) in [6, 6.07) is 0. The predicted octanol–water partition coefficient (Wildman–Crippen LogP) is -0.731. The molecule has 0 radical (unpaired) electrons. The number of carbonyl (C=O) groups is 1. The third-order valence-corrected chi connectivity index (χ3v) is 1.14. The SMILES string of the molecule is NCCc1nonc1C(=O)O. The Morgan fingerprint density at radius 3 is 2.91 bits per heavy atom. The van der Waals surface area contributed by atoms with Crippen molar-refractivity contribution in [3.05, 3.63) is 11.4 Å². The fourth-order valence-electron chi connectivity index (χ4n) is 0.670. The van der Waals surface area contributed by atoms with Crippen molar-refractivity contribution in [3.8, 4) is 0 Å². The van der Waals surface area contributed by atoms with Gasteiger partial charge in [-0.2, -0.15) is 0 Å². The van der Waals surface area contributed by atoms with Crippen LogP contribution in [0.4, 0.5) is 0 Å². The molecule has 0 aliphatic carbocycles. The number of nitrogens with two attached hydrogens (primary N) is 1. The fourth-order valence-corrected chi connectivity index (χ4v) is 0.670. The molecule has 0 aliphatic heterocycles. The Bertz CT molecular complexity index is 257. The molecule has 0 aromatic carbocycles. The van der Waals surface area contributed by atoms with Gasteiger partial charge in [0.2, 0.25) is 5.69 Å². The van der Waals surface area contributed by atoms with Gasteiger partial charge in [-0.05, 0) is 11.7 Å². The average molecular weight is 157 g/mol. The van der Waals surface area contributed by atoms with Crippen LogP contribution < -0.4 is 5.73 Å². The molecule has 0 saturated carbocycles. The summed E-state index contributed by atoms with van der Waals surface area (Å²) >= 11 is 0. The van der Waals surface area contributed by atoms with Gasteiger partial charge in [0, 0.05) is 6.42 Å². The number of aromatic carboxylic acids is 1. The molecule has 1 aromatic rings. The zero-order valence-electron chi connectivity index (χ0n) is 5.65. The van der Waals surface area contributed by atoms with Crippen LogP contribution in [0.5, 0.6) is 0 Å². The van der Waals surface area contributed by atoms with Crippen LogP contribution in [0.15, 0.2) is 4.63 Å². The molecule has 0 saturated heterocycles. The van der Waals surface area contributed by atoms with E-state index >= 15 is 0 Å². The molecular weight excluding hydrogens is 150 g/mol. The first-order valence-electron chi connectivity index (χ1n) is 3.00. The van der Waals surface area contributed by atoms with E-state index in [1.807, 2.05) is 0 Å². The normalized spacial score (nSPS) is 9.91. The highest BCUT2D eigenvalue weighted by Gasteiger charge is 2.15. The van der Waals surface area contributed by atoms with E-state index in [9.17, 15) is 4.79 Å². The zero-order chi connectivity index (χ0) is 8.27. The van der Waals surface area contributed by atoms with E-state index in [1.165, 1.54) is 0 Å². The first-order chi connectivity index (χ1) is 5.25. The van der Waals surface area contributed by atoms with Crippen molar-refractivity contribution in [3.63, 3.8) is 0 Å². The van der Waals surface area contributed by atoms with E-state index in [2.05, 4.69) is 14.9 Å². The summed E-state index contributed by atoms with van der Waals surface area (Å²) in [5.74, 6) is -1.14. The van der Waals surface area contributed by atoms with Gasteiger partial charge < -0.3 is 10.8 Å². The number of hydrogen-bond acceptors (Lipinski definition) is 5. The number of carboxylic acid groups (broad SMARTS) is 1. The van der Waals surface area contributed by atoms with Crippen LogP contribution in [0, 0.1) is 0 Å². The van der Waals surface area contributed by atoms with Crippen molar-refractivity contribution in [2.45, 2.75) is 6.42 Å². The highest BCUT2D eigenvalue weighted by molar-refractivity contribution is 5.86. The minimum atomic E-state index is -1.14. The Morgan fingerprint density at radius 2 is 2.36 bits per heavy atom. The van der Waals surface area contributed by atoms with Crippen LogP contribution in [0.25, 0.3) is 0 Å². The molecule has 0 atom stereocenters. The third kappa shape index (κ3) is 1.53. The zero-order valence-corrected chi connectivity index (χ0v) is 5.65. The number of hydrogen-bond donors (Lipinski definition) is 2. The standard InChI is InChI=1S/C5H7N3O3/c6-2-1-3-4(5(9)10)8-11-7-3/h1-2,6H2,(H,9,10). The lowest BCUT2D eigenvalue weighted by Gasteiger charge is -1.88.